The highest BCUT2D eigenvalue weighted by atomic mass is 16.5. The number of H-pyrrole nitrogens is 1. The fourth-order valence-corrected chi connectivity index (χ4v) is 0.836. The number of hydrogen-bond donors (Lipinski definition) is 1. The van der Waals surface area contributed by atoms with Crippen molar-refractivity contribution in [1.29, 1.82) is 0 Å². The second-order valence-electron chi connectivity index (χ2n) is 2.00. The van der Waals surface area contributed by atoms with Crippen molar-refractivity contribution in [2.75, 3.05) is 7.11 Å². The van der Waals surface area contributed by atoms with Gasteiger partial charge in [-0.15, -0.1) is 0 Å². The van der Waals surface area contributed by atoms with E-state index in [1.54, 1.807) is 13.3 Å². The molecule has 0 aliphatic heterocycles. The second-order valence-corrected chi connectivity index (χ2v) is 2.00. The molecule has 2 aromatic rings. The van der Waals surface area contributed by atoms with Crippen LogP contribution in [-0.2, 0) is 0 Å². The van der Waals surface area contributed by atoms with E-state index >= 15 is 0 Å². The van der Waals surface area contributed by atoms with Crippen molar-refractivity contribution >= 4 is 11.2 Å². The number of nitrogens with one attached hydrogen (secondary N) is 1. The largest absolute Gasteiger partial charge is 0.468 e. The number of aromatic nitrogens is 4. The highest BCUT2D eigenvalue weighted by Crippen LogP contribution is 2.10. The molecule has 2 rings (SSSR count). The lowest BCUT2D eigenvalue weighted by atomic mass is 10.6. The molecule has 0 aliphatic rings. The summed E-state index contributed by atoms with van der Waals surface area (Å²) in [4.78, 5) is 14.6. The van der Waals surface area contributed by atoms with Crippen molar-refractivity contribution < 1.29 is 4.74 Å². The maximum atomic E-state index is 4.86. The Morgan fingerprint density at radius 3 is 3.18 bits per heavy atom. The number of hydrogen-bond acceptors (Lipinski definition) is 4. The third-order valence-electron chi connectivity index (χ3n) is 1.33. The van der Waals surface area contributed by atoms with Crippen LogP contribution in [0.2, 0.25) is 0 Å². The van der Waals surface area contributed by atoms with E-state index in [4.69, 9.17) is 4.74 Å². The molecular formula is C6H6N4O. The maximum absolute atomic E-state index is 4.86. The van der Waals surface area contributed by atoms with Crippen LogP contribution >= 0.6 is 0 Å². The first-order chi connectivity index (χ1) is 5.40. The molecule has 0 spiro atoms. The summed E-state index contributed by atoms with van der Waals surface area (Å²) in [6, 6.07) is 0.459. The predicted molar refractivity (Wildman–Crippen MR) is 38.2 cm³/mol. The Labute approximate surface area is 62.5 Å². The van der Waals surface area contributed by atoms with Crippen molar-refractivity contribution in [1.82, 2.24) is 19.9 Å². The number of imidazole rings is 1. The Morgan fingerprint density at radius 2 is 2.45 bits per heavy atom. The molecule has 11 heavy (non-hydrogen) atoms. The topological polar surface area (TPSA) is 63.7 Å². The average Bonchev–Trinajstić information content (AvgIpc) is 2.46. The SMILES string of the molecule is COc1nc2cncnc2[nH]1. The molecule has 5 nitrogen and oxygen atoms in total. The van der Waals surface area contributed by atoms with Crippen molar-refractivity contribution in [3.8, 4) is 6.01 Å². The van der Waals surface area contributed by atoms with Gasteiger partial charge in [0.05, 0.1) is 13.3 Å². The van der Waals surface area contributed by atoms with E-state index in [-0.39, 0.29) is 0 Å². The zero-order valence-electron chi connectivity index (χ0n) is 5.90. The Morgan fingerprint density at radius 1 is 1.55 bits per heavy atom. The summed E-state index contributed by atoms with van der Waals surface area (Å²) in [5.74, 6) is 0. The highest BCUT2D eigenvalue weighted by Gasteiger charge is 2.00. The van der Waals surface area contributed by atoms with E-state index in [0.29, 0.717) is 17.2 Å². The minimum absolute atomic E-state index is 0.459. The third-order valence-corrected chi connectivity index (χ3v) is 1.33. The van der Waals surface area contributed by atoms with Gasteiger partial charge >= 0.3 is 0 Å². The average molecular weight is 150 g/mol. The van der Waals surface area contributed by atoms with Crippen LogP contribution in [0.25, 0.3) is 11.2 Å². The molecular weight excluding hydrogens is 144 g/mol. The van der Waals surface area contributed by atoms with Crippen LogP contribution in [0.5, 0.6) is 6.01 Å². The first kappa shape index (κ1) is 6.09. The molecule has 0 saturated carbocycles. The Kier molecular flexibility index (Phi) is 1.21. The molecule has 56 valence electrons. The van der Waals surface area contributed by atoms with Gasteiger partial charge in [0, 0.05) is 0 Å². The number of rotatable bonds is 1. The minimum Gasteiger partial charge on any atom is -0.468 e. The molecule has 1 N–H and O–H groups in total. The lowest BCUT2D eigenvalue weighted by Crippen LogP contribution is -1.82. The van der Waals surface area contributed by atoms with Crippen LogP contribution in [0.15, 0.2) is 12.5 Å². The van der Waals surface area contributed by atoms with E-state index in [9.17, 15) is 0 Å². The van der Waals surface area contributed by atoms with Gasteiger partial charge in [-0.2, -0.15) is 4.98 Å². The zero-order chi connectivity index (χ0) is 7.68. The molecule has 5 heteroatoms. The minimum atomic E-state index is 0.459. The normalized spacial score (nSPS) is 10.3. The van der Waals surface area contributed by atoms with Crippen LogP contribution in [0.3, 0.4) is 0 Å². The van der Waals surface area contributed by atoms with Gasteiger partial charge in [0.1, 0.15) is 11.8 Å². The quantitative estimate of drug-likeness (QED) is 0.637. The maximum Gasteiger partial charge on any atom is 0.295 e. The highest BCUT2D eigenvalue weighted by molar-refractivity contribution is 5.69. The number of methoxy groups -OCH3 is 1. The summed E-state index contributed by atoms with van der Waals surface area (Å²) in [6.07, 6.45) is 3.08. The van der Waals surface area contributed by atoms with Gasteiger partial charge < -0.3 is 4.74 Å². The third kappa shape index (κ3) is 0.899. The van der Waals surface area contributed by atoms with Gasteiger partial charge in [-0.05, 0) is 0 Å². The molecule has 0 atom stereocenters. The van der Waals surface area contributed by atoms with E-state index in [2.05, 4.69) is 19.9 Å². The summed E-state index contributed by atoms with van der Waals surface area (Å²) in [7, 11) is 1.55. The monoisotopic (exact) mass is 150 g/mol. The molecule has 0 amide bonds. The molecule has 0 radical (unpaired) electrons. The predicted octanol–water partition coefficient (Wildman–Crippen LogP) is 0.361. The van der Waals surface area contributed by atoms with Crippen LogP contribution < -0.4 is 4.74 Å². The fraction of sp³-hybridized carbons (Fsp3) is 0.167. The van der Waals surface area contributed by atoms with Gasteiger partial charge in [-0.25, -0.2) is 9.97 Å². The van der Waals surface area contributed by atoms with E-state index in [1.165, 1.54) is 6.33 Å². The Balaban J connectivity index is 2.69. The Hall–Kier alpha value is -1.65. The number of aromatic amines is 1. The molecule has 0 bridgehead atoms. The summed E-state index contributed by atoms with van der Waals surface area (Å²) >= 11 is 0. The standard InChI is InChI=1S/C6H6N4O/c1-11-6-9-4-2-7-3-8-5(4)10-6/h2-3H,1H3,(H,7,8,9,10). The number of nitrogens with zero attached hydrogens (tertiary/aromatic N) is 3. The van der Waals surface area contributed by atoms with Crippen LogP contribution in [-0.4, -0.2) is 27.0 Å². The molecule has 2 aromatic heterocycles. The van der Waals surface area contributed by atoms with Crippen LogP contribution in [0, 0.1) is 0 Å². The Bertz CT molecular complexity index is 336. The van der Waals surface area contributed by atoms with E-state index in [1.807, 2.05) is 0 Å². The molecule has 0 unspecified atom stereocenters. The van der Waals surface area contributed by atoms with Crippen molar-refractivity contribution in [2.24, 2.45) is 0 Å². The van der Waals surface area contributed by atoms with Gasteiger partial charge in [0.2, 0.25) is 0 Å². The number of fused-ring (bicyclic) bond motifs is 1. The van der Waals surface area contributed by atoms with Crippen molar-refractivity contribution in [3.63, 3.8) is 0 Å². The summed E-state index contributed by atoms with van der Waals surface area (Å²) in [5, 5.41) is 0. The van der Waals surface area contributed by atoms with Gasteiger partial charge in [-0.3, -0.25) is 4.98 Å². The summed E-state index contributed by atoms with van der Waals surface area (Å²) < 4.78 is 4.86. The molecule has 0 saturated heterocycles. The smallest absolute Gasteiger partial charge is 0.295 e. The van der Waals surface area contributed by atoms with E-state index in [0.717, 1.165) is 0 Å². The lowest BCUT2D eigenvalue weighted by Gasteiger charge is -1.86. The van der Waals surface area contributed by atoms with E-state index < -0.39 is 0 Å². The van der Waals surface area contributed by atoms with Gasteiger partial charge in [0.25, 0.3) is 6.01 Å². The number of ether oxygens (including phenoxy) is 1. The fourth-order valence-electron chi connectivity index (χ4n) is 0.836. The van der Waals surface area contributed by atoms with Crippen LogP contribution in [0.1, 0.15) is 0 Å². The first-order valence-corrected chi connectivity index (χ1v) is 3.10. The molecule has 2 heterocycles. The second kappa shape index (κ2) is 2.19. The molecule has 0 aliphatic carbocycles. The zero-order valence-corrected chi connectivity index (χ0v) is 5.90. The molecule has 0 aromatic carbocycles. The first-order valence-electron chi connectivity index (χ1n) is 3.10. The van der Waals surface area contributed by atoms with Gasteiger partial charge in [0.15, 0.2) is 5.65 Å². The molecule has 0 fully saturated rings. The van der Waals surface area contributed by atoms with Crippen molar-refractivity contribution in [2.45, 2.75) is 0 Å². The summed E-state index contributed by atoms with van der Waals surface area (Å²) in [6.45, 7) is 0. The van der Waals surface area contributed by atoms with Gasteiger partial charge in [-0.1, -0.05) is 0 Å². The lowest BCUT2D eigenvalue weighted by molar-refractivity contribution is 0.386. The summed E-state index contributed by atoms with van der Waals surface area (Å²) in [5.41, 5.74) is 1.40. The van der Waals surface area contributed by atoms with Crippen LogP contribution in [0.4, 0.5) is 0 Å². The van der Waals surface area contributed by atoms with Crippen molar-refractivity contribution in [3.05, 3.63) is 12.5 Å².